The number of fused-ring (bicyclic) bond motifs is 1. The molecule has 1 unspecified atom stereocenters. The van der Waals surface area contributed by atoms with Gasteiger partial charge in [-0.3, -0.25) is 4.79 Å². The van der Waals surface area contributed by atoms with Gasteiger partial charge in [-0.1, -0.05) is 30.3 Å². The summed E-state index contributed by atoms with van der Waals surface area (Å²) in [5, 5.41) is 20.5. The van der Waals surface area contributed by atoms with Crippen LogP contribution in [0.4, 0.5) is 0 Å². The van der Waals surface area contributed by atoms with E-state index in [1.165, 1.54) is 0 Å². The number of carbonyl (C=O) groups is 1. The number of Topliss-reactive ketones (excluding diaryl/α,β-unsaturated/α-hetero) is 1. The summed E-state index contributed by atoms with van der Waals surface area (Å²) in [7, 11) is 0. The van der Waals surface area contributed by atoms with E-state index in [-0.39, 0.29) is 18.8 Å². The number of carbonyl (C=O) groups excluding carboxylic acids is 1. The number of furan rings is 1. The minimum atomic E-state index is -0.709. The van der Waals surface area contributed by atoms with Crippen molar-refractivity contribution in [3.63, 3.8) is 0 Å². The fraction of sp³-hybridized carbons (Fsp3) is 0.211. The topological polar surface area (TPSA) is 70.7 Å². The maximum Gasteiger partial charge on any atom is 0.163 e. The molecule has 0 saturated carbocycles. The Balaban J connectivity index is 1.68. The van der Waals surface area contributed by atoms with E-state index < -0.39 is 6.10 Å². The third kappa shape index (κ3) is 3.33. The summed E-state index contributed by atoms with van der Waals surface area (Å²) >= 11 is 0. The molecule has 0 spiro atoms. The van der Waals surface area contributed by atoms with Crippen LogP contribution in [0.1, 0.15) is 40.4 Å². The van der Waals surface area contributed by atoms with E-state index in [9.17, 15) is 15.0 Å². The minimum absolute atomic E-state index is 0.0712. The Morgan fingerprint density at radius 3 is 2.78 bits per heavy atom. The average molecular weight is 310 g/mol. The first kappa shape index (κ1) is 15.5. The first-order valence-corrected chi connectivity index (χ1v) is 7.56. The predicted octanol–water partition coefficient (Wildman–Crippen LogP) is 3.62. The molecule has 4 nitrogen and oxygen atoms in total. The number of hydrogen-bond acceptors (Lipinski definition) is 4. The molecular weight excluding hydrogens is 292 g/mol. The standard InChI is InChI=1S/C19H18O4/c20-12-15-3-1-2-4-16(15)18(22)7-6-17(21)13-5-8-19-14(11-13)9-10-23-19/h1-5,8-11,17,20-21H,6-7,12H2. The van der Waals surface area contributed by atoms with Gasteiger partial charge >= 0.3 is 0 Å². The summed E-state index contributed by atoms with van der Waals surface area (Å²) in [6.07, 6.45) is 1.46. The smallest absolute Gasteiger partial charge is 0.163 e. The zero-order valence-corrected chi connectivity index (χ0v) is 12.6. The summed E-state index contributed by atoms with van der Waals surface area (Å²) in [6.45, 7) is -0.165. The van der Waals surface area contributed by atoms with Crippen LogP contribution in [0, 0.1) is 0 Å². The van der Waals surface area contributed by atoms with E-state index in [0.29, 0.717) is 17.5 Å². The minimum Gasteiger partial charge on any atom is -0.464 e. The van der Waals surface area contributed by atoms with Gasteiger partial charge in [0.1, 0.15) is 5.58 Å². The molecule has 0 aliphatic carbocycles. The van der Waals surface area contributed by atoms with E-state index >= 15 is 0 Å². The van der Waals surface area contributed by atoms with Gasteiger partial charge in [-0.2, -0.15) is 0 Å². The van der Waals surface area contributed by atoms with Crippen molar-refractivity contribution in [3.8, 4) is 0 Å². The molecule has 2 N–H and O–H groups in total. The second-order valence-electron chi connectivity index (χ2n) is 5.51. The summed E-state index contributed by atoms with van der Waals surface area (Å²) in [6, 6.07) is 14.3. The Morgan fingerprint density at radius 1 is 1.13 bits per heavy atom. The van der Waals surface area contributed by atoms with Gasteiger partial charge in [0, 0.05) is 17.4 Å². The van der Waals surface area contributed by atoms with Crippen LogP contribution in [0.3, 0.4) is 0 Å². The molecule has 1 heterocycles. The van der Waals surface area contributed by atoms with Crippen LogP contribution in [0.5, 0.6) is 0 Å². The Morgan fingerprint density at radius 2 is 1.96 bits per heavy atom. The zero-order valence-electron chi connectivity index (χ0n) is 12.6. The highest BCUT2D eigenvalue weighted by Gasteiger charge is 2.14. The number of hydrogen-bond donors (Lipinski definition) is 2. The maximum absolute atomic E-state index is 12.3. The number of benzene rings is 2. The predicted molar refractivity (Wildman–Crippen MR) is 87.1 cm³/mol. The third-order valence-electron chi connectivity index (χ3n) is 3.99. The molecular formula is C19H18O4. The molecule has 0 fully saturated rings. The van der Waals surface area contributed by atoms with E-state index in [1.54, 1.807) is 30.5 Å². The molecule has 3 rings (SSSR count). The van der Waals surface area contributed by atoms with Crippen molar-refractivity contribution < 1.29 is 19.4 Å². The van der Waals surface area contributed by atoms with E-state index in [1.807, 2.05) is 24.3 Å². The third-order valence-corrected chi connectivity index (χ3v) is 3.99. The molecule has 118 valence electrons. The monoisotopic (exact) mass is 310 g/mol. The number of ketones is 1. The van der Waals surface area contributed by atoms with Crippen molar-refractivity contribution in [1.29, 1.82) is 0 Å². The molecule has 2 aromatic carbocycles. The van der Waals surface area contributed by atoms with Crippen molar-refractivity contribution in [2.45, 2.75) is 25.6 Å². The van der Waals surface area contributed by atoms with E-state index in [0.717, 1.165) is 16.5 Å². The number of aliphatic hydroxyl groups excluding tert-OH is 2. The van der Waals surface area contributed by atoms with Crippen molar-refractivity contribution >= 4 is 16.8 Å². The van der Waals surface area contributed by atoms with Crippen LogP contribution in [0.15, 0.2) is 59.2 Å². The molecule has 0 aliphatic rings. The Bertz CT molecular complexity index is 819. The summed E-state index contributed by atoms with van der Waals surface area (Å²) in [5.74, 6) is -0.0712. The molecule has 0 bridgehead atoms. The van der Waals surface area contributed by atoms with Gasteiger partial charge in [-0.15, -0.1) is 0 Å². The molecule has 23 heavy (non-hydrogen) atoms. The van der Waals surface area contributed by atoms with Crippen molar-refractivity contribution in [1.82, 2.24) is 0 Å². The highest BCUT2D eigenvalue weighted by molar-refractivity contribution is 5.97. The quantitative estimate of drug-likeness (QED) is 0.682. The van der Waals surface area contributed by atoms with E-state index in [4.69, 9.17) is 4.42 Å². The lowest BCUT2D eigenvalue weighted by molar-refractivity contribution is 0.0937. The Hall–Kier alpha value is -2.43. The second kappa shape index (κ2) is 6.77. The van der Waals surface area contributed by atoms with Crippen LogP contribution < -0.4 is 0 Å². The highest BCUT2D eigenvalue weighted by Crippen LogP contribution is 2.25. The van der Waals surface area contributed by atoms with Crippen molar-refractivity contribution in [2.24, 2.45) is 0 Å². The molecule has 1 aromatic heterocycles. The molecule has 0 radical (unpaired) electrons. The van der Waals surface area contributed by atoms with Gasteiger partial charge in [-0.05, 0) is 35.7 Å². The van der Waals surface area contributed by atoms with Crippen molar-refractivity contribution in [3.05, 3.63) is 71.5 Å². The number of rotatable bonds is 6. The van der Waals surface area contributed by atoms with Crippen LogP contribution in [-0.4, -0.2) is 16.0 Å². The molecule has 0 aliphatic heterocycles. The first-order chi connectivity index (χ1) is 11.2. The molecule has 0 saturated heterocycles. The number of aliphatic hydroxyl groups is 2. The summed E-state index contributed by atoms with van der Waals surface area (Å²) in [4.78, 5) is 12.3. The molecule has 3 aromatic rings. The van der Waals surface area contributed by atoms with Crippen LogP contribution in [-0.2, 0) is 6.61 Å². The van der Waals surface area contributed by atoms with Gasteiger partial charge in [0.25, 0.3) is 0 Å². The van der Waals surface area contributed by atoms with Crippen LogP contribution in [0.25, 0.3) is 11.0 Å². The highest BCUT2D eigenvalue weighted by atomic mass is 16.3. The van der Waals surface area contributed by atoms with Crippen LogP contribution in [0.2, 0.25) is 0 Å². The maximum atomic E-state index is 12.3. The Kier molecular flexibility index (Phi) is 4.55. The normalized spacial score (nSPS) is 12.4. The van der Waals surface area contributed by atoms with Crippen molar-refractivity contribution in [2.75, 3.05) is 0 Å². The SMILES string of the molecule is O=C(CCC(O)c1ccc2occc2c1)c1ccccc1CO. The van der Waals surface area contributed by atoms with Gasteiger partial charge in [0.15, 0.2) is 5.78 Å². The lowest BCUT2D eigenvalue weighted by Gasteiger charge is -2.11. The lowest BCUT2D eigenvalue weighted by atomic mass is 9.97. The zero-order chi connectivity index (χ0) is 16.2. The molecule has 0 amide bonds. The van der Waals surface area contributed by atoms with Crippen LogP contribution >= 0.6 is 0 Å². The second-order valence-corrected chi connectivity index (χ2v) is 5.51. The molecule has 1 atom stereocenters. The van der Waals surface area contributed by atoms with Gasteiger partial charge in [-0.25, -0.2) is 0 Å². The summed E-state index contributed by atoms with van der Waals surface area (Å²) < 4.78 is 5.27. The Labute approximate surface area is 134 Å². The van der Waals surface area contributed by atoms with E-state index in [2.05, 4.69) is 0 Å². The fourth-order valence-electron chi connectivity index (χ4n) is 2.69. The summed E-state index contributed by atoms with van der Waals surface area (Å²) in [5.41, 5.74) is 2.68. The first-order valence-electron chi connectivity index (χ1n) is 7.56. The average Bonchev–Trinajstić information content (AvgIpc) is 3.06. The lowest BCUT2D eigenvalue weighted by Crippen LogP contribution is -2.07. The van der Waals surface area contributed by atoms with Gasteiger partial charge in [0.05, 0.1) is 19.0 Å². The fourth-order valence-corrected chi connectivity index (χ4v) is 2.69. The molecule has 4 heteroatoms. The largest absolute Gasteiger partial charge is 0.464 e. The van der Waals surface area contributed by atoms with Gasteiger partial charge < -0.3 is 14.6 Å². The van der Waals surface area contributed by atoms with Gasteiger partial charge in [0.2, 0.25) is 0 Å².